The number of methoxy groups -OCH3 is 1. The molecule has 3 aromatic rings. The molecule has 2 fully saturated rings. The fourth-order valence-electron chi connectivity index (χ4n) is 5.63. The lowest BCUT2D eigenvalue weighted by Crippen LogP contribution is -2.52. The number of hydrogen-bond acceptors (Lipinski definition) is 9. The average molecular weight is 579 g/mol. The largest absolute Gasteiger partial charge is 0.383 e. The molecule has 5 heterocycles. The Morgan fingerprint density at radius 3 is 2.82 bits per heavy atom. The minimum atomic E-state index is -0.789. The maximum atomic E-state index is 14.6. The molecule has 3 aliphatic rings. The Balaban J connectivity index is 1.63. The highest BCUT2D eigenvalue weighted by atomic mass is 35.5. The van der Waals surface area contributed by atoms with Crippen LogP contribution in [-0.4, -0.2) is 59.2 Å². The van der Waals surface area contributed by atoms with Crippen LogP contribution in [0.25, 0.3) is 22.8 Å². The van der Waals surface area contributed by atoms with Gasteiger partial charge < -0.3 is 20.7 Å². The van der Waals surface area contributed by atoms with Gasteiger partial charge in [0.15, 0.2) is 5.13 Å². The second-order valence-electron chi connectivity index (χ2n) is 9.60. The maximum Gasteiger partial charge on any atom is 0.350 e. The number of thiazole rings is 1. The van der Waals surface area contributed by atoms with Crippen molar-refractivity contribution in [1.29, 1.82) is 0 Å². The van der Waals surface area contributed by atoms with Gasteiger partial charge in [-0.05, 0) is 25.0 Å². The molecule has 0 saturated carbocycles. The Labute approximate surface area is 229 Å². The van der Waals surface area contributed by atoms with Crippen LogP contribution in [0.1, 0.15) is 24.4 Å². The molecular formula is C25H25ClF2N6O2S2. The molecule has 0 radical (unpaired) electrons. The van der Waals surface area contributed by atoms with E-state index >= 15 is 0 Å². The van der Waals surface area contributed by atoms with Crippen LogP contribution in [0, 0.1) is 0 Å². The van der Waals surface area contributed by atoms with Gasteiger partial charge in [0.1, 0.15) is 11.6 Å². The number of fused-ring (bicyclic) bond motifs is 2. The van der Waals surface area contributed by atoms with Gasteiger partial charge >= 0.3 is 5.69 Å². The van der Waals surface area contributed by atoms with Crippen molar-refractivity contribution in [3.05, 3.63) is 49.4 Å². The van der Waals surface area contributed by atoms with Crippen LogP contribution in [0.5, 0.6) is 0 Å². The second kappa shape index (κ2) is 10.2. The summed E-state index contributed by atoms with van der Waals surface area (Å²) in [7, 11) is 1.60. The first-order valence-electron chi connectivity index (χ1n) is 12.2. The average Bonchev–Trinajstić information content (AvgIpc) is 3.44. The summed E-state index contributed by atoms with van der Waals surface area (Å²) in [6.07, 6.45) is 4.68. The van der Waals surface area contributed by atoms with Crippen molar-refractivity contribution < 1.29 is 13.5 Å². The Morgan fingerprint density at radius 2 is 2.11 bits per heavy atom. The minimum Gasteiger partial charge on any atom is -0.383 e. The highest BCUT2D eigenvalue weighted by molar-refractivity contribution is 7.99. The maximum absolute atomic E-state index is 14.6. The van der Waals surface area contributed by atoms with Gasteiger partial charge in [0, 0.05) is 65.0 Å². The van der Waals surface area contributed by atoms with Crippen molar-refractivity contribution in [1.82, 2.24) is 19.9 Å². The van der Waals surface area contributed by atoms with Crippen LogP contribution in [0.4, 0.5) is 19.7 Å². The van der Waals surface area contributed by atoms with Crippen LogP contribution in [0.15, 0.2) is 28.2 Å². The lowest BCUT2D eigenvalue weighted by atomic mass is 10.1. The number of nitrogens with one attached hydrogen (secondary N) is 1. The molecule has 2 bridgehead atoms. The van der Waals surface area contributed by atoms with Crippen molar-refractivity contribution in [3.8, 4) is 0 Å². The summed E-state index contributed by atoms with van der Waals surface area (Å²) in [6, 6.07) is 2.32. The summed E-state index contributed by atoms with van der Waals surface area (Å²) in [4.78, 5) is 25.3. The molecular weight excluding hydrogens is 554 g/mol. The molecule has 3 atom stereocenters. The van der Waals surface area contributed by atoms with Crippen LogP contribution < -0.4 is 31.5 Å². The number of rotatable bonds is 5. The van der Waals surface area contributed by atoms with E-state index in [0.717, 1.165) is 59.1 Å². The predicted molar refractivity (Wildman–Crippen MR) is 149 cm³/mol. The van der Waals surface area contributed by atoms with E-state index in [9.17, 15) is 13.6 Å². The Morgan fingerprint density at radius 1 is 1.34 bits per heavy atom. The van der Waals surface area contributed by atoms with Crippen LogP contribution >= 0.6 is 34.7 Å². The molecule has 0 aliphatic carbocycles. The lowest BCUT2D eigenvalue weighted by molar-refractivity contribution is 0.163. The number of hydrogen-bond donors (Lipinski definition) is 2. The van der Waals surface area contributed by atoms with Gasteiger partial charge in [-0.1, -0.05) is 22.9 Å². The van der Waals surface area contributed by atoms with Crippen LogP contribution in [-0.2, 0) is 4.74 Å². The summed E-state index contributed by atoms with van der Waals surface area (Å²) in [6.45, 7) is 1.87. The van der Waals surface area contributed by atoms with Gasteiger partial charge in [-0.3, -0.25) is 4.57 Å². The zero-order valence-electron chi connectivity index (χ0n) is 20.4. The van der Waals surface area contributed by atoms with Crippen molar-refractivity contribution in [2.24, 2.45) is 0 Å². The molecule has 3 N–H and O–H groups in total. The first kappa shape index (κ1) is 25.8. The first-order chi connectivity index (χ1) is 18.4. The van der Waals surface area contributed by atoms with Crippen molar-refractivity contribution in [2.75, 3.05) is 43.2 Å². The number of aromatic nitrogens is 3. The number of anilines is 2. The first-order valence-corrected chi connectivity index (χ1v) is 14.4. The van der Waals surface area contributed by atoms with Gasteiger partial charge in [-0.15, -0.1) is 11.8 Å². The molecule has 1 aromatic carbocycles. The summed E-state index contributed by atoms with van der Waals surface area (Å²) >= 11 is 9.36. The van der Waals surface area contributed by atoms with E-state index in [2.05, 4.69) is 20.2 Å². The zero-order valence-corrected chi connectivity index (χ0v) is 22.8. The van der Waals surface area contributed by atoms with Crippen LogP contribution in [0.2, 0.25) is 5.02 Å². The van der Waals surface area contributed by atoms with Gasteiger partial charge in [-0.2, -0.15) is 4.98 Å². The molecule has 2 saturated heterocycles. The molecule has 8 nitrogen and oxygen atoms in total. The summed E-state index contributed by atoms with van der Waals surface area (Å²) in [5, 5.41) is 5.19. The predicted octanol–water partition coefficient (Wildman–Crippen LogP) is 2.71. The molecule has 3 unspecified atom stereocenters. The Bertz CT molecular complexity index is 1630. The molecule has 3 aliphatic heterocycles. The number of thioether (sulfide) groups is 1. The fourth-order valence-corrected chi connectivity index (χ4v) is 7.94. The molecule has 13 heteroatoms. The minimum absolute atomic E-state index is 0.0990. The standard InChI is InChI=1S/C25H25ClF2N6O2S2/c1-36-10-14-11-37-21-15(7-19-22(18(28)4-5-27)38-24(29)31-19)17(26)6-16-20(21)34(14)25(35)32-23(16)33-8-12-2-3-13(9-33)30-12/h4-7,12-14,30H,2-3,8-11H2,1H3,(H2,29,31)/b5-4+,19-7-,22-18-. The van der Waals surface area contributed by atoms with E-state index in [1.54, 1.807) is 29.5 Å². The summed E-state index contributed by atoms with van der Waals surface area (Å²) < 4.78 is 34.5. The number of nitrogens with two attached hydrogens (primary N) is 1. The number of piperazine rings is 1. The van der Waals surface area contributed by atoms with Gasteiger partial charge in [0.05, 0.1) is 34.4 Å². The van der Waals surface area contributed by atoms with Crippen molar-refractivity contribution >= 4 is 68.5 Å². The SMILES string of the molecule is COCC1CSc2c(\C=c3/nc(N)s/c3=C(F)/C=C/F)c(Cl)cc3c(N4CC5CCC(C4)N5)nc(=O)n1c23. The van der Waals surface area contributed by atoms with E-state index in [4.69, 9.17) is 22.1 Å². The molecule has 2 aromatic heterocycles. The summed E-state index contributed by atoms with van der Waals surface area (Å²) in [5.74, 6) is 0.398. The summed E-state index contributed by atoms with van der Waals surface area (Å²) in [5.41, 5.74) is 6.84. The zero-order chi connectivity index (χ0) is 26.6. The number of nitrogen functional groups attached to an aromatic ring is 1. The topological polar surface area (TPSA) is 98.3 Å². The molecule has 38 heavy (non-hydrogen) atoms. The second-order valence-corrected chi connectivity index (χ2v) is 12.1. The monoisotopic (exact) mass is 578 g/mol. The number of nitrogens with zero attached hydrogens (tertiary/aromatic N) is 4. The lowest BCUT2D eigenvalue weighted by Gasteiger charge is -2.35. The van der Waals surface area contributed by atoms with Gasteiger partial charge in [-0.25, -0.2) is 18.6 Å². The fraction of sp³-hybridized carbons (Fsp3) is 0.400. The van der Waals surface area contributed by atoms with Crippen molar-refractivity contribution in [2.45, 2.75) is 35.9 Å². The molecule has 0 spiro atoms. The van der Waals surface area contributed by atoms with Gasteiger partial charge in [0.25, 0.3) is 0 Å². The highest BCUT2D eigenvalue weighted by Crippen LogP contribution is 2.44. The Kier molecular flexibility index (Phi) is 6.93. The van der Waals surface area contributed by atoms with E-state index in [0.29, 0.717) is 40.8 Å². The van der Waals surface area contributed by atoms with E-state index < -0.39 is 5.83 Å². The molecule has 200 valence electrons. The van der Waals surface area contributed by atoms with Crippen molar-refractivity contribution in [3.63, 3.8) is 0 Å². The molecule has 0 amide bonds. The number of ether oxygens (including phenoxy) is 1. The van der Waals surface area contributed by atoms with Gasteiger partial charge in [0.2, 0.25) is 0 Å². The Hall–Kier alpha value is -2.51. The number of benzene rings is 1. The third kappa shape index (κ3) is 4.41. The third-order valence-electron chi connectivity index (χ3n) is 7.17. The number of allylic oxidation sites excluding steroid dienone is 1. The third-order valence-corrected chi connectivity index (χ3v) is 9.64. The van der Waals surface area contributed by atoms with E-state index in [1.165, 1.54) is 0 Å². The smallest absolute Gasteiger partial charge is 0.350 e. The number of halogens is 3. The normalized spacial score (nSPS) is 24.2. The van der Waals surface area contributed by atoms with E-state index in [1.807, 2.05) is 6.07 Å². The van der Waals surface area contributed by atoms with E-state index in [-0.39, 0.29) is 33.1 Å². The highest BCUT2D eigenvalue weighted by Gasteiger charge is 2.35. The molecule has 6 rings (SSSR count). The van der Waals surface area contributed by atoms with Crippen LogP contribution in [0.3, 0.4) is 0 Å². The quantitative estimate of drug-likeness (QED) is 0.477.